The molecule has 4 unspecified atom stereocenters. The number of hydrogen-bond donors (Lipinski definition) is 1. The third-order valence-electron chi connectivity index (χ3n) is 3.56. The quantitative estimate of drug-likeness (QED) is 0.685. The fraction of sp³-hybridized carbons (Fsp3) is 0.818. The van der Waals surface area contributed by atoms with Crippen molar-refractivity contribution in [1.82, 2.24) is 4.90 Å². The van der Waals surface area contributed by atoms with Gasteiger partial charge >= 0.3 is 0 Å². The molecule has 0 aromatic heterocycles. The molecule has 0 saturated carbocycles. The van der Waals surface area contributed by atoms with Crippen LogP contribution in [0.2, 0.25) is 0 Å². The molecule has 5 nitrogen and oxygen atoms in total. The van der Waals surface area contributed by atoms with Crippen molar-refractivity contribution >= 4 is 11.8 Å². The Hall–Kier alpha value is -0.940. The van der Waals surface area contributed by atoms with Gasteiger partial charge in [0, 0.05) is 12.6 Å². The Balaban J connectivity index is 2.19. The van der Waals surface area contributed by atoms with E-state index in [4.69, 9.17) is 9.84 Å². The van der Waals surface area contributed by atoms with E-state index in [-0.39, 0.29) is 30.4 Å². The molecule has 2 amide bonds. The fourth-order valence-electron chi connectivity index (χ4n) is 2.23. The number of hydrogen-bond acceptors (Lipinski definition) is 4. The van der Waals surface area contributed by atoms with Gasteiger partial charge in [-0.1, -0.05) is 6.92 Å². The van der Waals surface area contributed by atoms with Crippen molar-refractivity contribution in [2.75, 3.05) is 6.61 Å². The first-order valence-corrected chi connectivity index (χ1v) is 5.69. The summed E-state index contributed by atoms with van der Waals surface area (Å²) in [5, 5.41) is 9.08. The third kappa shape index (κ3) is 1.64. The van der Waals surface area contributed by atoms with E-state index in [9.17, 15) is 9.59 Å². The van der Waals surface area contributed by atoms with Crippen molar-refractivity contribution in [1.29, 1.82) is 0 Å². The van der Waals surface area contributed by atoms with Gasteiger partial charge < -0.3 is 9.84 Å². The summed E-state index contributed by atoms with van der Waals surface area (Å²) in [5.74, 6) is -0.594. The van der Waals surface area contributed by atoms with Gasteiger partial charge in [0.15, 0.2) is 0 Å². The number of carbonyl (C=O) groups is 2. The summed E-state index contributed by atoms with van der Waals surface area (Å²) >= 11 is 0. The lowest BCUT2D eigenvalue weighted by Crippen LogP contribution is -2.56. The minimum atomic E-state index is -0.448. The van der Waals surface area contributed by atoms with Crippen LogP contribution in [0.1, 0.15) is 26.7 Å². The van der Waals surface area contributed by atoms with Crippen LogP contribution in [-0.4, -0.2) is 46.7 Å². The van der Waals surface area contributed by atoms with Crippen molar-refractivity contribution in [2.45, 2.75) is 44.9 Å². The Labute approximate surface area is 94.4 Å². The molecule has 0 aromatic rings. The van der Waals surface area contributed by atoms with Crippen LogP contribution in [0.4, 0.5) is 0 Å². The standard InChI is InChI=1S/C11H17NO4/c1-6(5-13)7(2)12-10(14)8-3-4-9(16-8)11(12)15/h6-9,13H,3-5H2,1-2H3. The van der Waals surface area contributed by atoms with E-state index in [1.165, 1.54) is 4.90 Å². The normalized spacial score (nSPS) is 33.1. The lowest BCUT2D eigenvalue weighted by atomic mass is 10.0. The second kappa shape index (κ2) is 4.14. The molecule has 2 aliphatic rings. The zero-order valence-electron chi connectivity index (χ0n) is 9.55. The van der Waals surface area contributed by atoms with Crippen LogP contribution in [0.25, 0.3) is 0 Å². The molecular weight excluding hydrogens is 210 g/mol. The highest BCUT2D eigenvalue weighted by molar-refractivity contribution is 6.02. The van der Waals surface area contributed by atoms with E-state index in [2.05, 4.69) is 0 Å². The highest BCUT2D eigenvalue weighted by atomic mass is 16.5. The molecule has 4 atom stereocenters. The van der Waals surface area contributed by atoms with Crippen LogP contribution in [0.15, 0.2) is 0 Å². The Morgan fingerprint density at radius 2 is 1.81 bits per heavy atom. The van der Waals surface area contributed by atoms with Gasteiger partial charge in [-0.25, -0.2) is 0 Å². The van der Waals surface area contributed by atoms with Gasteiger partial charge in [0.25, 0.3) is 11.8 Å². The fourth-order valence-corrected chi connectivity index (χ4v) is 2.23. The predicted octanol–water partition coefficient (Wildman–Crippen LogP) is -0.0803. The maximum absolute atomic E-state index is 12.0. The lowest BCUT2D eigenvalue weighted by molar-refractivity contribution is -0.172. The van der Waals surface area contributed by atoms with E-state index in [0.29, 0.717) is 12.8 Å². The highest BCUT2D eigenvalue weighted by Crippen LogP contribution is 2.30. The molecule has 0 aromatic carbocycles. The number of ether oxygens (including phenoxy) is 1. The average molecular weight is 227 g/mol. The number of aliphatic hydroxyl groups is 1. The van der Waals surface area contributed by atoms with E-state index in [1.807, 2.05) is 6.92 Å². The molecule has 16 heavy (non-hydrogen) atoms. The summed E-state index contributed by atoms with van der Waals surface area (Å²) in [6, 6.07) is -0.267. The topological polar surface area (TPSA) is 66.8 Å². The number of carbonyl (C=O) groups excluding carboxylic acids is 2. The number of likely N-dealkylation sites (tertiary alicyclic amines) is 1. The largest absolute Gasteiger partial charge is 0.396 e. The zero-order chi connectivity index (χ0) is 11.9. The van der Waals surface area contributed by atoms with Crippen LogP contribution in [0.3, 0.4) is 0 Å². The van der Waals surface area contributed by atoms with E-state index < -0.39 is 12.2 Å². The van der Waals surface area contributed by atoms with E-state index in [0.717, 1.165) is 0 Å². The molecule has 2 bridgehead atoms. The lowest BCUT2D eigenvalue weighted by Gasteiger charge is -2.36. The summed E-state index contributed by atoms with van der Waals surface area (Å²) in [4.78, 5) is 25.2. The average Bonchev–Trinajstić information content (AvgIpc) is 2.72. The van der Waals surface area contributed by atoms with Crippen LogP contribution in [0.5, 0.6) is 0 Å². The molecule has 2 aliphatic heterocycles. The summed E-state index contributed by atoms with van der Waals surface area (Å²) in [6.45, 7) is 3.58. The molecule has 2 heterocycles. The van der Waals surface area contributed by atoms with Gasteiger partial charge in [0.05, 0.1) is 0 Å². The number of rotatable bonds is 3. The van der Waals surface area contributed by atoms with E-state index in [1.54, 1.807) is 6.92 Å². The Kier molecular flexibility index (Phi) is 2.99. The molecule has 2 fully saturated rings. The van der Waals surface area contributed by atoms with Crippen LogP contribution in [0, 0.1) is 5.92 Å². The van der Waals surface area contributed by atoms with Gasteiger partial charge in [-0.15, -0.1) is 0 Å². The van der Waals surface area contributed by atoms with Crippen molar-refractivity contribution in [3.63, 3.8) is 0 Å². The van der Waals surface area contributed by atoms with Crippen molar-refractivity contribution in [2.24, 2.45) is 5.92 Å². The number of imide groups is 1. The SMILES string of the molecule is CC(CO)C(C)N1C(=O)C2CCC(O2)C1=O. The summed E-state index contributed by atoms with van der Waals surface area (Å²) in [6.07, 6.45) is 0.366. The molecule has 0 spiro atoms. The summed E-state index contributed by atoms with van der Waals surface area (Å²) in [7, 11) is 0. The molecule has 2 saturated heterocycles. The van der Waals surface area contributed by atoms with Crippen molar-refractivity contribution in [3.05, 3.63) is 0 Å². The van der Waals surface area contributed by atoms with Gasteiger partial charge in [-0.05, 0) is 25.7 Å². The molecule has 1 N–H and O–H groups in total. The first kappa shape index (κ1) is 11.5. The Morgan fingerprint density at radius 3 is 2.25 bits per heavy atom. The molecule has 2 rings (SSSR count). The number of fused-ring (bicyclic) bond motifs is 2. The Bertz CT molecular complexity index is 295. The van der Waals surface area contributed by atoms with Gasteiger partial charge in [0.1, 0.15) is 12.2 Å². The first-order chi connectivity index (χ1) is 7.56. The minimum absolute atomic E-state index is 0.0333. The first-order valence-electron chi connectivity index (χ1n) is 5.69. The Morgan fingerprint density at radius 1 is 1.31 bits per heavy atom. The number of aliphatic hydroxyl groups excluding tert-OH is 1. The van der Waals surface area contributed by atoms with Gasteiger partial charge in [0.2, 0.25) is 0 Å². The van der Waals surface area contributed by atoms with Crippen molar-refractivity contribution < 1.29 is 19.4 Å². The summed E-state index contributed by atoms with van der Waals surface area (Å²) < 4.78 is 5.31. The van der Waals surface area contributed by atoms with Gasteiger partial charge in [-0.3, -0.25) is 14.5 Å². The maximum Gasteiger partial charge on any atom is 0.258 e. The molecule has 0 radical (unpaired) electrons. The van der Waals surface area contributed by atoms with Crippen molar-refractivity contribution in [3.8, 4) is 0 Å². The maximum atomic E-state index is 12.0. The second-order valence-electron chi connectivity index (χ2n) is 4.64. The molecule has 5 heteroatoms. The predicted molar refractivity (Wildman–Crippen MR) is 55.5 cm³/mol. The molecule has 0 aliphatic carbocycles. The smallest absolute Gasteiger partial charge is 0.258 e. The van der Waals surface area contributed by atoms with Gasteiger partial charge in [-0.2, -0.15) is 0 Å². The molecular formula is C11H17NO4. The van der Waals surface area contributed by atoms with Crippen LogP contribution >= 0.6 is 0 Å². The van der Waals surface area contributed by atoms with Crippen LogP contribution in [-0.2, 0) is 14.3 Å². The van der Waals surface area contributed by atoms with Crippen LogP contribution < -0.4 is 0 Å². The third-order valence-corrected chi connectivity index (χ3v) is 3.56. The zero-order valence-corrected chi connectivity index (χ0v) is 9.55. The number of morpholine rings is 1. The molecule has 90 valence electrons. The number of nitrogens with zero attached hydrogens (tertiary/aromatic N) is 1. The second-order valence-corrected chi connectivity index (χ2v) is 4.64. The van der Waals surface area contributed by atoms with E-state index >= 15 is 0 Å². The monoisotopic (exact) mass is 227 g/mol. The number of amides is 2. The highest BCUT2D eigenvalue weighted by Gasteiger charge is 2.48. The summed E-state index contributed by atoms with van der Waals surface area (Å²) in [5.41, 5.74) is 0. The minimum Gasteiger partial charge on any atom is -0.396 e.